The van der Waals surface area contributed by atoms with E-state index in [1.165, 1.54) is 36.8 Å². The zero-order valence-corrected chi connectivity index (χ0v) is 11.2. The van der Waals surface area contributed by atoms with Gasteiger partial charge in [-0.15, -0.1) is 0 Å². The fourth-order valence-corrected chi connectivity index (χ4v) is 3.33. The van der Waals surface area contributed by atoms with Gasteiger partial charge in [-0.3, -0.25) is 0 Å². The predicted octanol–water partition coefficient (Wildman–Crippen LogP) is 2.70. The van der Waals surface area contributed by atoms with E-state index >= 15 is 0 Å². The average molecular weight is 245 g/mol. The zero-order chi connectivity index (χ0) is 12.4. The minimum atomic E-state index is 0.472. The normalized spacial score (nSPS) is 28.3. The lowest BCUT2D eigenvalue weighted by Crippen LogP contribution is -2.44. The van der Waals surface area contributed by atoms with Crippen LogP contribution in [0, 0.1) is 0 Å². The third-order valence-electron chi connectivity index (χ3n) is 4.35. The van der Waals surface area contributed by atoms with E-state index in [9.17, 15) is 0 Å². The van der Waals surface area contributed by atoms with Gasteiger partial charge in [0.25, 0.3) is 0 Å². The van der Waals surface area contributed by atoms with E-state index in [1.54, 1.807) is 0 Å². The summed E-state index contributed by atoms with van der Waals surface area (Å²) in [6.45, 7) is 3.15. The van der Waals surface area contributed by atoms with E-state index in [1.807, 2.05) is 0 Å². The fourth-order valence-electron chi connectivity index (χ4n) is 3.33. The Balaban J connectivity index is 1.56. The lowest BCUT2D eigenvalue weighted by Gasteiger charge is -2.31. The molecule has 0 radical (unpaired) electrons. The van der Waals surface area contributed by atoms with Crippen molar-refractivity contribution in [3.63, 3.8) is 0 Å². The molecule has 2 atom stereocenters. The highest BCUT2D eigenvalue weighted by Crippen LogP contribution is 2.24. The van der Waals surface area contributed by atoms with Crippen molar-refractivity contribution in [1.29, 1.82) is 0 Å². The Bertz CT molecular complexity index is 379. The van der Waals surface area contributed by atoms with Crippen molar-refractivity contribution in [2.75, 3.05) is 6.61 Å². The molecule has 0 aromatic heterocycles. The van der Waals surface area contributed by atoms with Gasteiger partial charge in [0.1, 0.15) is 0 Å². The van der Waals surface area contributed by atoms with E-state index in [0.717, 1.165) is 13.0 Å². The van der Waals surface area contributed by atoms with Crippen molar-refractivity contribution in [2.24, 2.45) is 0 Å². The molecular weight excluding hydrogens is 222 g/mol. The Morgan fingerprint density at radius 1 is 1.17 bits per heavy atom. The second-order valence-electron chi connectivity index (χ2n) is 5.66. The molecule has 98 valence electrons. The summed E-state index contributed by atoms with van der Waals surface area (Å²) < 4.78 is 5.74. The largest absolute Gasteiger partial charge is 0.378 e. The van der Waals surface area contributed by atoms with Crippen LogP contribution in [0.2, 0.25) is 0 Å². The van der Waals surface area contributed by atoms with Crippen LogP contribution in [0.4, 0.5) is 0 Å². The summed E-state index contributed by atoms with van der Waals surface area (Å²) in [5, 5.41) is 3.85. The second kappa shape index (κ2) is 5.41. The van der Waals surface area contributed by atoms with Gasteiger partial charge in [0.15, 0.2) is 0 Å². The third kappa shape index (κ3) is 2.60. The topological polar surface area (TPSA) is 21.3 Å². The van der Waals surface area contributed by atoms with Gasteiger partial charge in [0, 0.05) is 18.7 Å². The van der Waals surface area contributed by atoms with Gasteiger partial charge >= 0.3 is 0 Å². The number of nitrogens with one attached hydrogen (secondary N) is 1. The highest BCUT2D eigenvalue weighted by atomic mass is 16.5. The number of hydrogen-bond acceptors (Lipinski definition) is 2. The van der Waals surface area contributed by atoms with E-state index in [2.05, 4.69) is 36.5 Å². The summed E-state index contributed by atoms with van der Waals surface area (Å²) >= 11 is 0. The molecule has 3 rings (SSSR count). The monoisotopic (exact) mass is 245 g/mol. The zero-order valence-electron chi connectivity index (χ0n) is 11.2. The molecular formula is C16H23NO. The quantitative estimate of drug-likeness (QED) is 0.884. The SMILES string of the molecule is CCC1CC(NC2Cc3ccccc3C2)CCO1. The molecule has 0 saturated carbocycles. The van der Waals surface area contributed by atoms with Crippen molar-refractivity contribution < 1.29 is 4.74 Å². The second-order valence-corrected chi connectivity index (χ2v) is 5.66. The lowest BCUT2D eigenvalue weighted by molar-refractivity contribution is -0.00174. The van der Waals surface area contributed by atoms with Crippen molar-refractivity contribution in [1.82, 2.24) is 5.32 Å². The van der Waals surface area contributed by atoms with Crippen molar-refractivity contribution in [3.8, 4) is 0 Å². The Hall–Kier alpha value is -0.860. The van der Waals surface area contributed by atoms with Crippen LogP contribution in [0.1, 0.15) is 37.3 Å². The number of ether oxygens (including phenoxy) is 1. The molecule has 0 spiro atoms. The smallest absolute Gasteiger partial charge is 0.0587 e. The van der Waals surface area contributed by atoms with Crippen LogP contribution in [0.25, 0.3) is 0 Å². The van der Waals surface area contributed by atoms with Crippen LogP contribution < -0.4 is 5.32 Å². The Morgan fingerprint density at radius 3 is 2.56 bits per heavy atom. The number of benzene rings is 1. The van der Waals surface area contributed by atoms with E-state index in [4.69, 9.17) is 4.74 Å². The minimum Gasteiger partial charge on any atom is -0.378 e. The van der Waals surface area contributed by atoms with Gasteiger partial charge in [-0.25, -0.2) is 0 Å². The Morgan fingerprint density at radius 2 is 1.89 bits per heavy atom. The highest BCUT2D eigenvalue weighted by Gasteiger charge is 2.26. The van der Waals surface area contributed by atoms with Gasteiger partial charge in [-0.2, -0.15) is 0 Å². The van der Waals surface area contributed by atoms with Gasteiger partial charge in [0.2, 0.25) is 0 Å². The summed E-state index contributed by atoms with van der Waals surface area (Å²) in [5.74, 6) is 0. The van der Waals surface area contributed by atoms with Crippen LogP contribution in [0.3, 0.4) is 0 Å². The Kier molecular flexibility index (Phi) is 3.67. The first-order chi connectivity index (χ1) is 8.85. The molecule has 2 unspecified atom stereocenters. The van der Waals surface area contributed by atoms with Crippen LogP contribution >= 0.6 is 0 Å². The van der Waals surface area contributed by atoms with Crippen molar-refractivity contribution in [3.05, 3.63) is 35.4 Å². The molecule has 1 aliphatic heterocycles. The molecule has 1 saturated heterocycles. The first kappa shape index (κ1) is 12.2. The molecule has 0 bridgehead atoms. The molecule has 1 heterocycles. The van der Waals surface area contributed by atoms with E-state index < -0.39 is 0 Å². The molecule has 2 nitrogen and oxygen atoms in total. The van der Waals surface area contributed by atoms with Gasteiger partial charge in [-0.05, 0) is 43.2 Å². The van der Waals surface area contributed by atoms with Crippen LogP contribution in [-0.2, 0) is 17.6 Å². The number of hydrogen-bond donors (Lipinski definition) is 1. The van der Waals surface area contributed by atoms with Gasteiger partial charge in [0.05, 0.1) is 6.10 Å². The summed E-state index contributed by atoms with van der Waals surface area (Å²) in [5.41, 5.74) is 3.07. The first-order valence-electron chi connectivity index (χ1n) is 7.29. The molecule has 1 aliphatic carbocycles. The predicted molar refractivity (Wildman–Crippen MR) is 73.8 cm³/mol. The number of fused-ring (bicyclic) bond motifs is 1. The standard InChI is InChI=1S/C16H23NO/c1-2-16-11-14(7-8-18-16)17-15-9-12-5-3-4-6-13(12)10-15/h3-6,14-17H,2,7-11H2,1H3. The average Bonchev–Trinajstić information content (AvgIpc) is 2.81. The lowest BCUT2D eigenvalue weighted by atomic mass is 10.00. The molecule has 0 amide bonds. The molecule has 1 aromatic carbocycles. The molecule has 1 aromatic rings. The maximum absolute atomic E-state index is 5.74. The molecule has 2 aliphatic rings. The summed E-state index contributed by atoms with van der Waals surface area (Å²) in [4.78, 5) is 0. The molecule has 1 fully saturated rings. The summed E-state index contributed by atoms with van der Waals surface area (Å²) in [6, 6.07) is 10.2. The first-order valence-corrected chi connectivity index (χ1v) is 7.29. The Labute approximate surface area is 110 Å². The fraction of sp³-hybridized carbons (Fsp3) is 0.625. The van der Waals surface area contributed by atoms with E-state index in [-0.39, 0.29) is 0 Å². The third-order valence-corrected chi connectivity index (χ3v) is 4.35. The van der Waals surface area contributed by atoms with E-state index in [0.29, 0.717) is 18.2 Å². The van der Waals surface area contributed by atoms with Crippen LogP contribution in [0.15, 0.2) is 24.3 Å². The van der Waals surface area contributed by atoms with Gasteiger partial charge in [-0.1, -0.05) is 31.2 Å². The van der Waals surface area contributed by atoms with Gasteiger partial charge < -0.3 is 10.1 Å². The van der Waals surface area contributed by atoms with Crippen molar-refractivity contribution in [2.45, 2.75) is 57.2 Å². The van der Waals surface area contributed by atoms with Crippen molar-refractivity contribution >= 4 is 0 Å². The molecule has 18 heavy (non-hydrogen) atoms. The minimum absolute atomic E-state index is 0.472. The summed E-state index contributed by atoms with van der Waals surface area (Å²) in [7, 11) is 0. The molecule has 1 N–H and O–H groups in total. The van der Waals surface area contributed by atoms with Crippen LogP contribution in [-0.4, -0.2) is 24.8 Å². The number of rotatable bonds is 3. The summed E-state index contributed by atoms with van der Waals surface area (Å²) in [6.07, 6.45) is 6.37. The maximum Gasteiger partial charge on any atom is 0.0587 e. The van der Waals surface area contributed by atoms with Crippen LogP contribution in [0.5, 0.6) is 0 Å². The molecule has 2 heteroatoms. The highest BCUT2D eigenvalue weighted by molar-refractivity contribution is 5.33. The maximum atomic E-state index is 5.74.